The van der Waals surface area contributed by atoms with Gasteiger partial charge < -0.3 is 10.2 Å². The second-order valence-corrected chi connectivity index (χ2v) is 7.23. The van der Waals surface area contributed by atoms with Gasteiger partial charge in [-0.3, -0.25) is 9.59 Å². The maximum atomic E-state index is 12.4. The van der Waals surface area contributed by atoms with E-state index in [0.29, 0.717) is 36.5 Å². The van der Waals surface area contributed by atoms with Crippen molar-refractivity contribution >= 4 is 34.2 Å². The molecular weight excluding hydrogens is 372 g/mol. The van der Waals surface area contributed by atoms with E-state index < -0.39 is 0 Å². The number of hydrogen-bond acceptors (Lipinski definition) is 2. The molecule has 28 heavy (non-hydrogen) atoms. The van der Waals surface area contributed by atoms with E-state index >= 15 is 0 Å². The minimum Gasteiger partial charge on any atom is -0.352 e. The number of carbonyl (C=O) groups is 2. The fourth-order valence-corrected chi connectivity index (χ4v) is 3.16. The van der Waals surface area contributed by atoms with Gasteiger partial charge in [0.1, 0.15) is 0 Å². The van der Waals surface area contributed by atoms with Gasteiger partial charge in [-0.2, -0.15) is 0 Å². The lowest BCUT2D eigenvalue weighted by molar-refractivity contribution is -0.130. The Hall–Kier alpha value is -2.85. The molecule has 0 heterocycles. The molecule has 0 atom stereocenters. The summed E-state index contributed by atoms with van der Waals surface area (Å²) in [5.74, 6) is -0.0949. The molecule has 4 nitrogen and oxygen atoms in total. The lowest BCUT2D eigenvalue weighted by Crippen LogP contribution is -2.28. The summed E-state index contributed by atoms with van der Waals surface area (Å²) >= 11 is 5.82. The first kappa shape index (κ1) is 19.9. The molecular formula is C23H23ClN2O2. The topological polar surface area (TPSA) is 49.4 Å². The molecule has 0 fully saturated rings. The van der Waals surface area contributed by atoms with Gasteiger partial charge in [0.25, 0.3) is 5.91 Å². The number of rotatable bonds is 7. The number of halogens is 1. The summed E-state index contributed by atoms with van der Waals surface area (Å²) in [5.41, 5.74) is 1.66. The quantitative estimate of drug-likeness (QED) is 0.592. The number of nitrogens with zero attached hydrogens (tertiary/aromatic N) is 1. The molecule has 0 bridgehead atoms. The summed E-state index contributed by atoms with van der Waals surface area (Å²) in [6.45, 7) is 1.03. The molecule has 0 aliphatic carbocycles. The van der Waals surface area contributed by atoms with Crippen molar-refractivity contribution in [3.63, 3.8) is 0 Å². The fourth-order valence-electron chi connectivity index (χ4n) is 3.03. The molecule has 144 valence electrons. The predicted octanol–water partition coefficient (Wildman–Crippen LogP) is 4.66. The number of fused-ring (bicyclic) bond motifs is 1. The van der Waals surface area contributed by atoms with Gasteiger partial charge in [-0.25, -0.2) is 0 Å². The normalized spacial score (nSPS) is 10.6. The molecule has 0 saturated carbocycles. The summed E-state index contributed by atoms with van der Waals surface area (Å²) < 4.78 is 0. The highest BCUT2D eigenvalue weighted by Crippen LogP contribution is 2.17. The summed E-state index contributed by atoms with van der Waals surface area (Å²) in [4.78, 5) is 26.1. The highest BCUT2D eigenvalue weighted by Gasteiger charge is 2.10. The van der Waals surface area contributed by atoms with Crippen LogP contribution in [0, 0.1) is 0 Å². The monoisotopic (exact) mass is 394 g/mol. The zero-order valence-electron chi connectivity index (χ0n) is 15.8. The van der Waals surface area contributed by atoms with Crippen LogP contribution in [0.4, 0.5) is 0 Å². The molecule has 3 aromatic carbocycles. The third-order valence-corrected chi connectivity index (χ3v) is 4.87. The van der Waals surface area contributed by atoms with E-state index in [-0.39, 0.29) is 11.8 Å². The van der Waals surface area contributed by atoms with Crippen molar-refractivity contribution in [3.8, 4) is 0 Å². The molecule has 3 rings (SSSR count). The average molecular weight is 395 g/mol. The van der Waals surface area contributed by atoms with Crippen LogP contribution in [0.5, 0.6) is 0 Å². The van der Waals surface area contributed by atoms with Crippen LogP contribution >= 0.6 is 11.6 Å². The Kier molecular flexibility index (Phi) is 6.66. The van der Waals surface area contributed by atoms with Gasteiger partial charge in [0.15, 0.2) is 0 Å². The van der Waals surface area contributed by atoms with E-state index in [1.807, 2.05) is 19.2 Å². The van der Waals surface area contributed by atoms with Crippen LogP contribution in [-0.4, -0.2) is 30.3 Å². The van der Waals surface area contributed by atoms with Gasteiger partial charge in [0, 0.05) is 37.1 Å². The first-order chi connectivity index (χ1) is 13.5. The Morgan fingerprint density at radius 1 is 0.964 bits per heavy atom. The van der Waals surface area contributed by atoms with Gasteiger partial charge in [0.2, 0.25) is 5.91 Å². The van der Waals surface area contributed by atoms with Crippen molar-refractivity contribution in [1.29, 1.82) is 0 Å². The summed E-state index contributed by atoms with van der Waals surface area (Å²) in [7, 11) is 1.81. The highest BCUT2D eigenvalue weighted by atomic mass is 35.5. The maximum Gasteiger partial charge on any atom is 0.251 e. The van der Waals surface area contributed by atoms with Crippen molar-refractivity contribution < 1.29 is 9.59 Å². The Morgan fingerprint density at radius 3 is 2.43 bits per heavy atom. The van der Waals surface area contributed by atoms with Crippen LogP contribution < -0.4 is 5.32 Å². The SMILES string of the molecule is CN(Cc1ccc2ccccc2c1)C(=O)CCCNC(=O)c1ccc(Cl)cc1. The molecule has 1 N–H and O–H groups in total. The van der Waals surface area contributed by atoms with Crippen LogP contribution in [0.25, 0.3) is 10.8 Å². The summed E-state index contributed by atoms with van der Waals surface area (Å²) in [6.07, 6.45) is 0.991. The molecule has 0 aromatic heterocycles. The van der Waals surface area contributed by atoms with E-state index in [1.54, 1.807) is 29.2 Å². The van der Waals surface area contributed by atoms with Crippen molar-refractivity contribution in [1.82, 2.24) is 10.2 Å². The third-order valence-electron chi connectivity index (χ3n) is 4.62. The average Bonchev–Trinajstić information content (AvgIpc) is 2.71. The summed E-state index contributed by atoms with van der Waals surface area (Å²) in [5, 5.41) is 5.79. The zero-order chi connectivity index (χ0) is 19.9. The molecule has 0 radical (unpaired) electrons. The van der Waals surface area contributed by atoms with Gasteiger partial charge in [0.05, 0.1) is 0 Å². The number of nitrogens with one attached hydrogen (secondary N) is 1. The predicted molar refractivity (Wildman–Crippen MR) is 113 cm³/mol. The second kappa shape index (κ2) is 9.38. The van der Waals surface area contributed by atoms with Gasteiger partial charge >= 0.3 is 0 Å². The first-order valence-corrected chi connectivity index (χ1v) is 9.66. The van der Waals surface area contributed by atoms with Gasteiger partial charge in [-0.05, 0) is 53.1 Å². The van der Waals surface area contributed by atoms with Crippen molar-refractivity contribution in [2.45, 2.75) is 19.4 Å². The van der Waals surface area contributed by atoms with Crippen LogP contribution in [0.1, 0.15) is 28.8 Å². The molecule has 0 spiro atoms. The Morgan fingerprint density at radius 2 is 1.68 bits per heavy atom. The second-order valence-electron chi connectivity index (χ2n) is 6.80. The van der Waals surface area contributed by atoms with Crippen molar-refractivity contribution in [3.05, 3.63) is 82.9 Å². The number of benzene rings is 3. The van der Waals surface area contributed by atoms with Crippen molar-refractivity contribution in [2.75, 3.05) is 13.6 Å². The Bertz CT molecular complexity index is 970. The Labute approximate surface area is 170 Å². The zero-order valence-corrected chi connectivity index (χ0v) is 16.6. The molecule has 0 saturated heterocycles. The molecule has 0 aliphatic heterocycles. The highest BCUT2D eigenvalue weighted by molar-refractivity contribution is 6.30. The number of hydrogen-bond donors (Lipinski definition) is 1. The lowest BCUT2D eigenvalue weighted by atomic mass is 10.1. The van der Waals surface area contributed by atoms with Gasteiger partial charge in [-0.15, -0.1) is 0 Å². The third kappa shape index (κ3) is 5.33. The largest absolute Gasteiger partial charge is 0.352 e. The first-order valence-electron chi connectivity index (χ1n) is 9.28. The lowest BCUT2D eigenvalue weighted by Gasteiger charge is -2.18. The molecule has 0 aliphatic rings. The molecule has 3 aromatic rings. The minimum atomic E-state index is -0.159. The van der Waals surface area contributed by atoms with E-state index in [2.05, 4.69) is 35.6 Å². The number of carbonyl (C=O) groups excluding carboxylic acids is 2. The Balaban J connectivity index is 1.43. The summed E-state index contributed by atoms with van der Waals surface area (Å²) in [6, 6.07) is 21.2. The van der Waals surface area contributed by atoms with E-state index in [0.717, 1.165) is 5.56 Å². The van der Waals surface area contributed by atoms with E-state index in [4.69, 9.17) is 11.6 Å². The van der Waals surface area contributed by atoms with E-state index in [1.165, 1.54) is 10.8 Å². The van der Waals surface area contributed by atoms with Crippen molar-refractivity contribution in [2.24, 2.45) is 0 Å². The minimum absolute atomic E-state index is 0.0638. The molecule has 2 amide bonds. The number of amides is 2. The van der Waals surface area contributed by atoms with Crippen LogP contribution in [0.3, 0.4) is 0 Å². The van der Waals surface area contributed by atoms with Gasteiger partial charge in [-0.1, -0.05) is 48.0 Å². The van der Waals surface area contributed by atoms with E-state index in [9.17, 15) is 9.59 Å². The van der Waals surface area contributed by atoms with Crippen LogP contribution in [0.2, 0.25) is 5.02 Å². The molecule has 5 heteroatoms. The smallest absolute Gasteiger partial charge is 0.251 e. The van der Waals surface area contributed by atoms with Crippen LogP contribution in [0.15, 0.2) is 66.7 Å². The standard InChI is InChI=1S/C23H23ClN2O2/c1-26(16-17-8-9-18-5-2-3-6-20(18)15-17)22(27)7-4-14-25-23(28)19-10-12-21(24)13-11-19/h2-3,5-6,8-13,15H,4,7,14,16H2,1H3,(H,25,28). The molecule has 0 unspecified atom stereocenters. The maximum absolute atomic E-state index is 12.4. The fraction of sp³-hybridized carbons (Fsp3) is 0.217. The van der Waals surface area contributed by atoms with Crippen LogP contribution in [-0.2, 0) is 11.3 Å².